The molecule has 2 aromatic carbocycles. The molecule has 0 amide bonds. The summed E-state index contributed by atoms with van der Waals surface area (Å²) in [6.07, 6.45) is 4.58. The van der Waals surface area contributed by atoms with E-state index in [1.54, 1.807) is 0 Å². The van der Waals surface area contributed by atoms with Crippen LogP contribution in [0, 0.1) is 0 Å². The van der Waals surface area contributed by atoms with Crippen molar-refractivity contribution < 1.29 is 0 Å². The number of para-hydroxylation sites is 2. The molecular weight excluding hydrogens is 318 g/mol. The smallest absolute Gasteiger partial charge is 0.0702 e. The number of pyridine rings is 1. The molecule has 3 heteroatoms. The Morgan fingerprint density at radius 1 is 1.00 bits per heavy atom. The van der Waals surface area contributed by atoms with Crippen LogP contribution >= 0.6 is 0 Å². The molecule has 26 heavy (non-hydrogen) atoms. The Labute approximate surface area is 152 Å². The predicted octanol–water partition coefficient (Wildman–Crippen LogP) is 5.08. The Kier molecular flexibility index (Phi) is 3.03. The molecule has 1 fully saturated rings. The molecule has 0 spiro atoms. The topological polar surface area (TPSA) is 31.9 Å². The van der Waals surface area contributed by atoms with Gasteiger partial charge in [-0.25, -0.2) is 0 Å². The van der Waals surface area contributed by atoms with Crippen molar-refractivity contribution in [3.8, 4) is 11.1 Å². The Morgan fingerprint density at radius 2 is 1.88 bits per heavy atom. The molecule has 1 saturated heterocycles. The van der Waals surface area contributed by atoms with Gasteiger partial charge in [0.05, 0.1) is 11.0 Å². The Balaban J connectivity index is 1.58. The van der Waals surface area contributed by atoms with E-state index in [0.717, 1.165) is 12.1 Å². The predicted molar refractivity (Wildman–Crippen MR) is 106 cm³/mol. The second-order valence-corrected chi connectivity index (χ2v) is 7.71. The van der Waals surface area contributed by atoms with Gasteiger partial charge in [0, 0.05) is 46.3 Å². The van der Waals surface area contributed by atoms with Crippen LogP contribution < -0.4 is 0 Å². The normalized spacial score (nSPS) is 21.8. The van der Waals surface area contributed by atoms with E-state index in [-0.39, 0.29) is 0 Å². The highest BCUT2D eigenvalue weighted by atomic mass is 15.1. The lowest BCUT2D eigenvalue weighted by atomic mass is 9.94. The molecule has 2 aromatic heterocycles. The zero-order valence-corrected chi connectivity index (χ0v) is 14.7. The van der Waals surface area contributed by atoms with Crippen molar-refractivity contribution in [3.63, 3.8) is 0 Å². The molecule has 3 aliphatic rings. The maximum Gasteiger partial charge on any atom is 0.0702 e. The molecule has 1 N–H and O–H groups in total. The van der Waals surface area contributed by atoms with Crippen molar-refractivity contribution in [1.29, 1.82) is 0 Å². The number of nitrogens with zero attached hydrogens (tertiary/aromatic N) is 2. The van der Waals surface area contributed by atoms with E-state index in [0.29, 0.717) is 5.92 Å². The Morgan fingerprint density at radius 3 is 2.81 bits per heavy atom. The minimum Gasteiger partial charge on any atom is -0.357 e. The van der Waals surface area contributed by atoms with Crippen LogP contribution in [-0.2, 0) is 6.54 Å². The van der Waals surface area contributed by atoms with Gasteiger partial charge < -0.3 is 4.98 Å². The lowest BCUT2D eigenvalue weighted by Crippen LogP contribution is -2.28. The van der Waals surface area contributed by atoms with E-state index in [1.165, 1.54) is 64.6 Å². The lowest BCUT2D eigenvalue weighted by molar-refractivity contribution is 0.220. The van der Waals surface area contributed by atoms with Gasteiger partial charge in [0.25, 0.3) is 0 Å². The zero-order valence-electron chi connectivity index (χ0n) is 14.7. The molecule has 0 saturated carbocycles. The first-order chi connectivity index (χ1) is 12.9. The van der Waals surface area contributed by atoms with E-state index in [9.17, 15) is 0 Å². The summed E-state index contributed by atoms with van der Waals surface area (Å²) in [5.74, 6) is 0.693. The van der Waals surface area contributed by atoms with Gasteiger partial charge in [0.2, 0.25) is 0 Å². The van der Waals surface area contributed by atoms with Gasteiger partial charge in [-0.15, -0.1) is 0 Å². The maximum atomic E-state index is 4.68. The largest absolute Gasteiger partial charge is 0.357 e. The number of hydrogen-bond acceptors (Lipinski definition) is 2. The van der Waals surface area contributed by atoms with Crippen molar-refractivity contribution in [1.82, 2.24) is 14.9 Å². The second kappa shape index (κ2) is 5.42. The first-order valence-electron chi connectivity index (χ1n) is 9.58. The number of benzene rings is 2. The molecule has 128 valence electrons. The van der Waals surface area contributed by atoms with Crippen LogP contribution in [-0.4, -0.2) is 28.0 Å². The maximum absolute atomic E-state index is 4.68. The average Bonchev–Trinajstić information content (AvgIpc) is 2.87. The minimum absolute atomic E-state index is 0.693. The highest BCUT2D eigenvalue weighted by Gasteiger charge is 2.30. The molecule has 0 aliphatic carbocycles. The van der Waals surface area contributed by atoms with Gasteiger partial charge >= 0.3 is 0 Å². The van der Waals surface area contributed by atoms with Crippen molar-refractivity contribution in [2.75, 3.05) is 13.1 Å². The highest BCUT2D eigenvalue weighted by molar-refractivity contribution is 5.98. The third kappa shape index (κ3) is 2.07. The number of aromatic amines is 1. The second-order valence-electron chi connectivity index (χ2n) is 7.71. The summed E-state index contributed by atoms with van der Waals surface area (Å²) in [4.78, 5) is 11.1. The van der Waals surface area contributed by atoms with E-state index >= 15 is 0 Å². The van der Waals surface area contributed by atoms with Crippen LogP contribution in [0.15, 0.2) is 54.7 Å². The fourth-order valence-corrected chi connectivity index (χ4v) is 4.87. The van der Waals surface area contributed by atoms with Gasteiger partial charge in [-0.2, -0.15) is 0 Å². The fourth-order valence-electron chi connectivity index (χ4n) is 4.87. The number of piperidine rings is 1. The van der Waals surface area contributed by atoms with Crippen molar-refractivity contribution in [2.24, 2.45) is 0 Å². The molecular formula is C23H21N3. The Hall–Kier alpha value is -2.65. The summed E-state index contributed by atoms with van der Waals surface area (Å²) >= 11 is 0. The number of aromatic nitrogens is 2. The van der Waals surface area contributed by atoms with Crippen LogP contribution in [0.25, 0.3) is 32.9 Å². The van der Waals surface area contributed by atoms with Gasteiger partial charge in [-0.1, -0.05) is 36.4 Å². The number of rotatable bonds is 1. The lowest BCUT2D eigenvalue weighted by Gasteiger charge is -2.26. The molecule has 2 bridgehead atoms. The molecule has 3 nitrogen and oxygen atoms in total. The third-order valence-corrected chi connectivity index (χ3v) is 6.25. The standard InChI is InChI=1S/C23H21N3/c1-2-7-21-16(4-1)12-17(13-24-21)18-5-3-6-19-20-14-26-10-8-15(9-11-26)22(20)25-23(18)19/h1-7,12-13,15,25H,8-11,14H2. The van der Waals surface area contributed by atoms with E-state index in [1.807, 2.05) is 12.3 Å². The quantitative estimate of drug-likeness (QED) is 0.525. The average molecular weight is 339 g/mol. The third-order valence-electron chi connectivity index (χ3n) is 6.25. The van der Waals surface area contributed by atoms with Gasteiger partial charge in [-0.05, 0) is 43.6 Å². The first kappa shape index (κ1) is 14.5. The number of H-pyrrole nitrogens is 1. The molecule has 0 radical (unpaired) electrons. The van der Waals surface area contributed by atoms with Crippen LogP contribution in [0.3, 0.4) is 0 Å². The first-order valence-corrected chi connectivity index (χ1v) is 9.58. The Bertz CT molecular complexity index is 1130. The fraction of sp³-hybridized carbons (Fsp3) is 0.261. The summed E-state index contributed by atoms with van der Waals surface area (Å²) in [7, 11) is 0. The molecule has 0 unspecified atom stereocenters. The number of fused-ring (bicyclic) bond motifs is 4. The van der Waals surface area contributed by atoms with Crippen LogP contribution in [0.5, 0.6) is 0 Å². The molecule has 4 aromatic rings. The van der Waals surface area contributed by atoms with Crippen molar-refractivity contribution in [2.45, 2.75) is 25.3 Å². The van der Waals surface area contributed by atoms with Crippen molar-refractivity contribution >= 4 is 21.8 Å². The van der Waals surface area contributed by atoms with E-state index in [4.69, 9.17) is 0 Å². The summed E-state index contributed by atoms with van der Waals surface area (Å²) in [5, 5.41) is 2.59. The number of hydrogen-bond donors (Lipinski definition) is 1. The summed E-state index contributed by atoms with van der Waals surface area (Å²) in [5.41, 5.74) is 7.80. The summed E-state index contributed by atoms with van der Waals surface area (Å²) in [6.45, 7) is 3.57. The monoisotopic (exact) mass is 339 g/mol. The minimum atomic E-state index is 0.693. The van der Waals surface area contributed by atoms with Gasteiger partial charge in [-0.3, -0.25) is 9.88 Å². The van der Waals surface area contributed by atoms with Crippen LogP contribution in [0.4, 0.5) is 0 Å². The zero-order chi connectivity index (χ0) is 17.1. The SMILES string of the molecule is c1ccc2ncc(-c3cccc4c5c([nH]c34)C3CCN(CC3)C5)cc2c1. The number of nitrogens with one attached hydrogen (secondary N) is 1. The van der Waals surface area contributed by atoms with Gasteiger partial charge in [0.1, 0.15) is 0 Å². The van der Waals surface area contributed by atoms with E-state index in [2.05, 4.69) is 57.3 Å². The van der Waals surface area contributed by atoms with Crippen LogP contribution in [0.1, 0.15) is 30.0 Å². The molecule has 7 rings (SSSR count). The van der Waals surface area contributed by atoms with Crippen molar-refractivity contribution in [3.05, 3.63) is 66.0 Å². The summed E-state index contributed by atoms with van der Waals surface area (Å²) in [6, 6.07) is 17.3. The molecule has 3 aliphatic heterocycles. The van der Waals surface area contributed by atoms with Crippen LogP contribution in [0.2, 0.25) is 0 Å². The summed E-state index contributed by atoms with van der Waals surface area (Å²) < 4.78 is 0. The molecule has 0 atom stereocenters. The van der Waals surface area contributed by atoms with Gasteiger partial charge in [0.15, 0.2) is 0 Å². The van der Waals surface area contributed by atoms with E-state index < -0.39 is 0 Å². The molecule has 5 heterocycles. The highest BCUT2D eigenvalue weighted by Crippen LogP contribution is 2.41.